The summed E-state index contributed by atoms with van der Waals surface area (Å²) in [6.07, 6.45) is 2.65. The van der Waals surface area contributed by atoms with Gasteiger partial charge in [-0.25, -0.2) is 0 Å². The zero-order valence-corrected chi connectivity index (χ0v) is 18.9. The maximum Gasteiger partial charge on any atom is 0.253 e. The Hall–Kier alpha value is -2.54. The fourth-order valence-corrected chi connectivity index (χ4v) is 4.11. The molecule has 7 heteroatoms. The molecule has 0 spiro atoms. The number of piperidine rings is 1. The number of hydrogen-bond donors (Lipinski definition) is 1. The fourth-order valence-electron chi connectivity index (χ4n) is 3.63. The quantitative estimate of drug-likeness (QED) is 0.662. The highest BCUT2D eigenvalue weighted by Crippen LogP contribution is 2.28. The molecule has 2 amide bonds. The fraction of sp³-hybridized carbons (Fsp3) is 0.391. The van der Waals surface area contributed by atoms with E-state index in [0.29, 0.717) is 43.0 Å². The average Bonchev–Trinajstić information content (AvgIpc) is 2.78. The third kappa shape index (κ3) is 5.53. The maximum absolute atomic E-state index is 12.8. The van der Waals surface area contributed by atoms with Gasteiger partial charge < -0.3 is 19.7 Å². The first-order valence-electron chi connectivity index (χ1n) is 10.1. The molecule has 2 aromatic carbocycles. The number of aryl methyl sites for hydroxylation is 1. The van der Waals surface area contributed by atoms with Gasteiger partial charge in [0.05, 0.1) is 14.2 Å². The number of halogens is 1. The number of methoxy groups -OCH3 is 2. The zero-order valence-electron chi connectivity index (χ0n) is 17.3. The third-order valence-electron chi connectivity index (χ3n) is 5.36. The minimum absolute atomic E-state index is 0.0327. The largest absolute Gasteiger partial charge is 0.493 e. The normalized spacial score (nSPS) is 14.3. The lowest BCUT2D eigenvalue weighted by Gasteiger charge is -2.32. The average molecular weight is 475 g/mol. The van der Waals surface area contributed by atoms with Crippen LogP contribution >= 0.6 is 15.9 Å². The summed E-state index contributed by atoms with van der Waals surface area (Å²) < 4.78 is 11.5. The van der Waals surface area contributed by atoms with Crippen molar-refractivity contribution in [2.45, 2.75) is 31.7 Å². The number of carbonyl (C=O) groups excluding carboxylic acids is 2. The van der Waals surface area contributed by atoms with Crippen LogP contribution in [0.1, 0.15) is 35.2 Å². The lowest BCUT2D eigenvalue weighted by Crippen LogP contribution is -2.46. The maximum atomic E-state index is 12.8. The van der Waals surface area contributed by atoms with Crippen LogP contribution in [0.2, 0.25) is 0 Å². The van der Waals surface area contributed by atoms with Crippen molar-refractivity contribution in [1.29, 1.82) is 0 Å². The van der Waals surface area contributed by atoms with Crippen LogP contribution in [0, 0.1) is 0 Å². The van der Waals surface area contributed by atoms with Crippen molar-refractivity contribution in [2.24, 2.45) is 0 Å². The van der Waals surface area contributed by atoms with Crippen molar-refractivity contribution in [3.8, 4) is 11.5 Å². The molecule has 1 aliphatic heterocycles. The van der Waals surface area contributed by atoms with Crippen molar-refractivity contribution in [1.82, 2.24) is 10.2 Å². The van der Waals surface area contributed by atoms with Crippen molar-refractivity contribution >= 4 is 27.7 Å². The molecule has 0 bridgehead atoms. The first kappa shape index (κ1) is 22.2. The molecule has 6 nitrogen and oxygen atoms in total. The van der Waals surface area contributed by atoms with E-state index in [-0.39, 0.29) is 17.9 Å². The summed E-state index contributed by atoms with van der Waals surface area (Å²) in [5, 5.41) is 3.11. The van der Waals surface area contributed by atoms with Crippen LogP contribution in [0.15, 0.2) is 46.9 Å². The van der Waals surface area contributed by atoms with Gasteiger partial charge >= 0.3 is 0 Å². The van der Waals surface area contributed by atoms with Crippen molar-refractivity contribution in [3.05, 3.63) is 58.1 Å². The van der Waals surface area contributed by atoms with Crippen LogP contribution in [0.5, 0.6) is 11.5 Å². The second-order valence-electron chi connectivity index (χ2n) is 7.30. The van der Waals surface area contributed by atoms with Crippen LogP contribution in [0.4, 0.5) is 0 Å². The van der Waals surface area contributed by atoms with E-state index >= 15 is 0 Å². The summed E-state index contributed by atoms with van der Waals surface area (Å²) in [4.78, 5) is 27.0. The standard InChI is InChI=1S/C23H27BrN2O4/c1-29-20-9-7-17(15-21(20)30-2)23(28)26-13-11-18(12-14-26)25-22(27)10-8-16-5-3-4-6-19(16)24/h3-7,9,15,18H,8,10-14H2,1-2H3,(H,25,27). The van der Waals surface area contributed by atoms with Gasteiger partial charge in [-0.2, -0.15) is 0 Å². The second kappa shape index (κ2) is 10.5. The number of benzene rings is 2. The number of amides is 2. The highest BCUT2D eigenvalue weighted by Gasteiger charge is 2.25. The monoisotopic (exact) mass is 474 g/mol. The minimum atomic E-state index is -0.0327. The van der Waals surface area contributed by atoms with Crippen LogP contribution in [0.25, 0.3) is 0 Å². The van der Waals surface area contributed by atoms with E-state index in [4.69, 9.17) is 9.47 Å². The summed E-state index contributed by atoms with van der Waals surface area (Å²) in [6, 6.07) is 13.2. The number of rotatable bonds is 7. The van der Waals surface area contributed by atoms with Crippen molar-refractivity contribution in [2.75, 3.05) is 27.3 Å². The van der Waals surface area contributed by atoms with Crippen molar-refractivity contribution in [3.63, 3.8) is 0 Å². The lowest BCUT2D eigenvalue weighted by atomic mass is 10.0. The molecule has 0 atom stereocenters. The molecule has 30 heavy (non-hydrogen) atoms. The van der Waals surface area contributed by atoms with Gasteiger partial charge in [0.25, 0.3) is 5.91 Å². The predicted molar refractivity (Wildman–Crippen MR) is 119 cm³/mol. The van der Waals surface area contributed by atoms with Crippen LogP contribution in [-0.2, 0) is 11.2 Å². The second-order valence-corrected chi connectivity index (χ2v) is 8.15. The molecular weight excluding hydrogens is 448 g/mol. The molecule has 0 aromatic heterocycles. The lowest BCUT2D eigenvalue weighted by molar-refractivity contribution is -0.122. The molecule has 0 radical (unpaired) electrons. The molecule has 0 aliphatic carbocycles. The first-order chi connectivity index (χ1) is 14.5. The Labute approximate surface area is 185 Å². The number of nitrogens with one attached hydrogen (secondary N) is 1. The molecular formula is C23H27BrN2O4. The number of ether oxygens (including phenoxy) is 2. The molecule has 3 rings (SSSR count). The molecule has 1 fully saturated rings. The van der Waals surface area contributed by atoms with Gasteiger partial charge in [0.15, 0.2) is 11.5 Å². The van der Waals surface area contributed by atoms with E-state index < -0.39 is 0 Å². The van der Waals surface area contributed by atoms with Crippen LogP contribution in [0.3, 0.4) is 0 Å². The molecule has 0 saturated carbocycles. The van der Waals surface area contributed by atoms with E-state index in [1.165, 1.54) is 0 Å². The summed E-state index contributed by atoms with van der Waals surface area (Å²) >= 11 is 3.52. The Bertz CT molecular complexity index is 895. The van der Waals surface area contributed by atoms with Gasteiger partial charge in [-0.15, -0.1) is 0 Å². The number of hydrogen-bond acceptors (Lipinski definition) is 4. The van der Waals surface area contributed by atoms with E-state index in [2.05, 4.69) is 21.2 Å². The smallest absolute Gasteiger partial charge is 0.253 e. The third-order valence-corrected chi connectivity index (χ3v) is 6.13. The molecule has 160 valence electrons. The van der Waals surface area contributed by atoms with Gasteiger partial charge in [-0.05, 0) is 49.1 Å². The van der Waals surface area contributed by atoms with E-state index in [1.54, 1.807) is 32.4 Å². The minimum Gasteiger partial charge on any atom is -0.493 e. The Morgan fingerprint density at radius 3 is 2.43 bits per heavy atom. The Morgan fingerprint density at radius 1 is 1.07 bits per heavy atom. The number of nitrogens with zero attached hydrogens (tertiary/aromatic N) is 1. The summed E-state index contributed by atoms with van der Waals surface area (Å²) in [6.45, 7) is 1.23. The molecule has 1 N–H and O–H groups in total. The van der Waals surface area contributed by atoms with Gasteiger partial charge in [0, 0.05) is 35.6 Å². The van der Waals surface area contributed by atoms with Gasteiger partial charge in [0.1, 0.15) is 0 Å². The topological polar surface area (TPSA) is 67.9 Å². The first-order valence-corrected chi connectivity index (χ1v) is 10.8. The van der Waals surface area contributed by atoms with Gasteiger partial charge in [0.2, 0.25) is 5.91 Å². The van der Waals surface area contributed by atoms with Gasteiger partial charge in [-0.1, -0.05) is 34.1 Å². The Balaban J connectivity index is 1.48. The molecule has 2 aromatic rings. The molecule has 0 unspecified atom stereocenters. The van der Waals surface area contributed by atoms with E-state index in [9.17, 15) is 9.59 Å². The predicted octanol–water partition coefficient (Wildman–Crippen LogP) is 3.82. The molecule has 1 heterocycles. The summed E-state index contributed by atoms with van der Waals surface area (Å²) in [7, 11) is 3.12. The Morgan fingerprint density at radius 2 is 1.77 bits per heavy atom. The number of likely N-dealkylation sites (tertiary alicyclic amines) is 1. The summed E-state index contributed by atoms with van der Waals surface area (Å²) in [5.41, 5.74) is 1.70. The van der Waals surface area contributed by atoms with Crippen LogP contribution in [-0.4, -0.2) is 50.1 Å². The zero-order chi connectivity index (χ0) is 21.5. The number of carbonyl (C=O) groups is 2. The highest BCUT2D eigenvalue weighted by molar-refractivity contribution is 9.10. The summed E-state index contributed by atoms with van der Waals surface area (Å²) in [5.74, 6) is 1.15. The molecule has 1 saturated heterocycles. The van der Waals surface area contributed by atoms with E-state index in [0.717, 1.165) is 22.9 Å². The van der Waals surface area contributed by atoms with E-state index in [1.807, 2.05) is 29.2 Å². The highest BCUT2D eigenvalue weighted by atomic mass is 79.9. The Kier molecular flexibility index (Phi) is 7.74. The molecule has 1 aliphatic rings. The van der Waals surface area contributed by atoms with Crippen LogP contribution < -0.4 is 14.8 Å². The van der Waals surface area contributed by atoms with Gasteiger partial charge in [-0.3, -0.25) is 9.59 Å². The SMILES string of the molecule is COc1ccc(C(=O)N2CCC(NC(=O)CCc3ccccc3Br)CC2)cc1OC. The van der Waals surface area contributed by atoms with Crippen molar-refractivity contribution < 1.29 is 19.1 Å².